The van der Waals surface area contributed by atoms with E-state index < -0.39 is 0 Å². The minimum absolute atomic E-state index is 0.270. The predicted molar refractivity (Wildman–Crippen MR) is 141 cm³/mol. The molecule has 34 heavy (non-hydrogen) atoms. The van der Waals surface area contributed by atoms with Crippen molar-refractivity contribution in [2.45, 2.75) is 76.7 Å². The summed E-state index contributed by atoms with van der Waals surface area (Å²) in [6.07, 6.45) is 16.1. The molecular weight excluding hydrogens is 420 g/mol. The highest BCUT2D eigenvalue weighted by Gasteiger charge is 2.32. The highest BCUT2D eigenvalue weighted by Crippen LogP contribution is 2.32. The van der Waals surface area contributed by atoms with E-state index in [9.17, 15) is 4.79 Å². The number of carbonyl (C=O) groups excluding carboxylic acids is 1. The Morgan fingerprint density at radius 2 is 1.68 bits per heavy atom. The average molecular weight is 465 g/mol. The molecule has 186 valence electrons. The minimum Gasteiger partial charge on any atom is -0.368 e. The van der Waals surface area contributed by atoms with Crippen molar-refractivity contribution in [3.63, 3.8) is 0 Å². The van der Waals surface area contributed by atoms with Gasteiger partial charge in [-0.05, 0) is 43.4 Å². The summed E-state index contributed by atoms with van der Waals surface area (Å²) >= 11 is 0. The van der Waals surface area contributed by atoms with Crippen molar-refractivity contribution in [1.29, 1.82) is 0 Å². The number of hydrogen-bond acceptors (Lipinski definition) is 3. The van der Waals surface area contributed by atoms with Gasteiger partial charge in [-0.25, -0.2) is 0 Å². The summed E-state index contributed by atoms with van der Waals surface area (Å²) in [4.78, 5) is 24.2. The molecule has 1 unspecified atom stereocenters. The summed E-state index contributed by atoms with van der Waals surface area (Å²) in [7, 11) is 2.12. The molecule has 1 N–H and O–H groups in total. The first-order chi connectivity index (χ1) is 16.7. The van der Waals surface area contributed by atoms with Gasteiger partial charge in [-0.2, -0.15) is 0 Å². The standard InChI is InChI=1S/C29H44N4O/c1-31(29(34)24-11-6-3-7-12-24)25(21-23-9-4-2-5-10-23)22-32-17-19-33(20-18-32)28-14-8-13-27-26(28)15-16-30-27/h8,13-16,23-25,30H,2-7,9-12,17-22H2,1H3. The number of amides is 1. The van der Waals surface area contributed by atoms with Gasteiger partial charge in [-0.1, -0.05) is 57.4 Å². The van der Waals surface area contributed by atoms with Crippen molar-refractivity contribution in [3.05, 3.63) is 30.5 Å². The highest BCUT2D eigenvalue weighted by atomic mass is 16.2. The Bertz CT molecular complexity index is 919. The molecule has 5 rings (SSSR count). The van der Waals surface area contributed by atoms with Gasteiger partial charge in [0.05, 0.1) is 0 Å². The van der Waals surface area contributed by atoms with Gasteiger partial charge in [-0.15, -0.1) is 0 Å². The minimum atomic E-state index is 0.270. The lowest BCUT2D eigenvalue weighted by Gasteiger charge is -2.41. The molecule has 5 heteroatoms. The van der Waals surface area contributed by atoms with E-state index in [1.807, 2.05) is 6.20 Å². The van der Waals surface area contributed by atoms with Gasteiger partial charge in [0, 0.05) is 74.5 Å². The molecule has 1 aromatic heterocycles. The second-order valence-corrected chi connectivity index (χ2v) is 11.2. The van der Waals surface area contributed by atoms with Crippen LogP contribution in [-0.2, 0) is 4.79 Å². The summed E-state index contributed by atoms with van der Waals surface area (Å²) < 4.78 is 0. The molecular formula is C29H44N4O. The third-order valence-corrected chi connectivity index (χ3v) is 8.93. The molecule has 1 saturated heterocycles. The number of aromatic nitrogens is 1. The number of carbonyl (C=O) groups is 1. The lowest BCUT2D eigenvalue weighted by Crippen LogP contribution is -2.53. The van der Waals surface area contributed by atoms with E-state index in [2.05, 4.69) is 51.0 Å². The lowest BCUT2D eigenvalue weighted by molar-refractivity contribution is -0.138. The summed E-state index contributed by atoms with van der Waals surface area (Å²) in [6.45, 7) is 5.30. The monoisotopic (exact) mass is 464 g/mol. The van der Waals surface area contributed by atoms with Crippen molar-refractivity contribution in [2.75, 3.05) is 44.7 Å². The number of likely N-dealkylation sites (N-methyl/N-ethyl adjacent to an activating group) is 1. The first-order valence-electron chi connectivity index (χ1n) is 14.0. The number of hydrogen-bond donors (Lipinski definition) is 1. The quantitative estimate of drug-likeness (QED) is 0.574. The Hall–Kier alpha value is -2.01. The maximum atomic E-state index is 13.5. The van der Waals surface area contributed by atoms with Crippen LogP contribution >= 0.6 is 0 Å². The van der Waals surface area contributed by atoms with Crippen LogP contribution in [0.25, 0.3) is 10.9 Å². The molecule has 2 aromatic rings. The van der Waals surface area contributed by atoms with E-state index >= 15 is 0 Å². The molecule has 2 saturated carbocycles. The molecule has 1 aliphatic heterocycles. The Kier molecular flexibility index (Phi) is 7.78. The van der Waals surface area contributed by atoms with Crippen LogP contribution in [0.15, 0.2) is 30.5 Å². The topological polar surface area (TPSA) is 42.6 Å². The van der Waals surface area contributed by atoms with E-state index in [1.54, 1.807) is 0 Å². The van der Waals surface area contributed by atoms with Crippen molar-refractivity contribution in [3.8, 4) is 0 Å². The number of nitrogens with one attached hydrogen (secondary N) is 1. The molecule has 5 nitrogen and oxygen atoms in total. The van der Waals surface area contributed by atoms with Gasteiger partial charge in [0.2, 0.25) is 5.91 Å². The number of fused-ring (bicyclic) bond motifs is 1. The number of nitrogens with zero attached hydrogens (tertiary/aromatic N) is 3. The number of rotatable bonds is 7. The fourth-order valence-corrected chi connectivity index (χ4v) is 6.79. The predicted octanol–water partition coefficient (Wildman–Crippen LogP) is 5.67. The SMILES string of the molecule is CN(C(=O)C1CCCCC1)C(CC1CCCCC1)CN1CCN(c2cccc3[nH]ccc23)CC1. The Balaban J connectivity index is 1.22. The number of anilines is 1. The Labute approximate surface area is 205 Å². The number of aromatic amines is 1. The molecule has 1 atom stereocenters. The maximum Gasteiger partial charge on any atom is 0.225 e. The molecule has 3 aliphatic rings. The van der Waals surface area contributed by atoms with E-state index in [0.717, 1.165) is 51.5 Å². The highest BCUT2D eigenvalue weighted by molar-refractivity contribution is 5.92. The third-order valence-electron chi connectivity index (χ3n) is 8.93. The second kappa shape index (κ2) is 11.2. The fraction of sp³-hybridized carbons (Fsp3) is 0.690. The van der Waals surface area contributed by atoms with E-state index in [1.165, 1.54) is 74.4 Å². The van der Waals surface area contributed by atoms with Gasteiger partial charge in [0.15, 0.2) is 0 Å². The summed E-state index contributed by atoms with van der Waals surface area (Å²) in [6, 6.07) is 9.13. The summed E-state index contributed by atoms with van der Waals surface area (Å²) in [5.41, 5.74) is 2.57. The van der Waals surface area contributed by atoms with Crippen molar-refractivity contribution in [1.82, 2.24) is 14.8 Å². The average Bonchev–Trinajstić information content (AvgIpc) is 3.38. The zero-order valence-electron chi connectivity index (χ0n) is 21.2. The van der Waals surface area contributed by atoms with Crippen molar-refractivity contribution in [2.24, 2.45) is 11.8 Å². The molecule has 2 heterocycles. The van der Waals surface area contributed by atoms with E-state index in [4.69, 9.17) is 0 Å². The van der Waals surface area contributed by atoms with Crippen LogP contribution in [0.3, 0.4) is 0 Å². The van der Waals surface area contributed by atoms with Crippen LogP contribution in [0.1, 0.15) is 70.6 Å². The van der Waals surface area contributed by atoms with E-state index in [-0.39, 0.29) is 5.92 Å². The summed E-state index contributed by atoms with van der Waals surface area (Å²) in [5.74, 6) is 1.50. The first-order valence-corrected chi connectivity index (χ1v) is 14.0. The van der Waals surface area contributed by atoms with E-state index in [0.29, 0.717) is 11.9 Å². The maximum absolute atomic E-state index is 13.5. The molecule has 1 amide bonds. The van der Waals surface area contributed by atoms with Crippen molar-refractivity contribution < 1.29 is 4.79 Å². The second-order valence-electron chi connectivity index (χ2n) is 11.2. The summed E-state index contributed by atoms with van der Waals surface area (Å²) in [5, 5.41) is 1.32. The van der Waals surface area contributed by atoms with Gasteiger partial charge in [0.25, 0.3) is 0 Å². The van der Waals surface area contributed by atoms with Crippen LogP contribution in [-0.4, -0.2) is 66.5 Å². The zero-order valence-corrected chi connectivity index (χ0v) is 21.2. The lowest BCUT2D eigenvalue weighted by atomic mass is 9.83. The van der Waals surface area contributed by atoms with Crippen LogP contribution in [0.2, 0.25) is 0 Å². The molecule has 0 spiro atoms. The van der Waals surface area contributed by atoms with Crippen LogP contribution in [0, 0.1) is 11.8 Å². The van der Waals surface area contributed by atoms with Crippen LogP contribution in [0.5, 0.6) is 0 Å². The zero-order chi connectivity index (χ0) is 23.3. The third kappa shape index (κ3) is 5.45. The largest absolute Gasteiger partial charge is 0.368 e. The number of H-pyrrole nitrogens is 1. The molecule has 0 bridgehead atoms. The fourth-order valence-electron chi connectivity index (χ4n) is 6.79. The number of benzene rings is 1. The Morgan fingerprint density at radius 3 is 2.41 bits per heavy atom. The first kappa shape index (κ1) is 23.7. The molecule has 2 aliphatic carbocycles. The van der Waals surface area contributed by atoms with Gasteiger partial charge in [0.1, 0.15) is 0 Å². The number of piperazine rings is 1. The van der Waals surface area contributed by atoms with Crippen LogP contribution < -0.4 is 4.90 Å². The Morgan fingerprint density at radius 1 is 0.971 bits per heavy atom. The normalized spacial score (nSPS) is 22.2. The molecule has 3 fully saturated rings. The molecule has 1 aromatic carbocycles. The molecule has 0 radical (unpaired) electrons. The van der Waals surface area contributed by atoms with Gasteiger partial charge >= 0.3 is 0 Å². The van der Waals surface area contributed by atoms with Gasteiger partial charge < -0.3 is 14.8 Å². The van der Waals surface area contributed by atoms with Gasteiger partial charge in [-0.3, -0.25) is 9.69 Å². The van der Waals surface area contributed by atoms with Crippen LogP contribution in [0.4, 0.5) is 5.69 Å². The van der Waals surface area contributed by atoms with Crippen molar-refractivity contribution >= 4 is 22.5 Å². The smallest absolute Gasteiger partial charge is 0.225 e.